The first-order valence-corrected chi connectivity index (χ1v) is 10.1. The molecule has 21 heavy (non-hydrogen) atoms. The molecule has 0 spiro atoms. The number of hydrogen-bond donors (Lipinski definition) is 0. The molecule has 0 amide bonds. The highest BCUT2D eigenvalue weighted by Gasteiger charge is 2.09. The standard InChI is InChI=1S/C20H33P/c1-4-5-6-7-11-14-20(18(2)3)17-21-16-15-19-12-9-8-10-13-19/h8-10,12-13,20-21H,2,4-7,11,14-17H2,1,3H3. The summed E-state index contributed by atoms with van der Waals surface area (Å²) >= 11 is 0. The number of benzene rings is 1. The zero-order valence-corrected chi connectivity index (χ0v) is 15.0. The van der Waals surface area contributed by atoms with Gasteiger partial charge in [0.15, 0.2) is 0 Å². The Labute approximate surface area is 134 Å². The highest BCUT2D eigenvalue weighted by atomic mass is 31.1. The molecular formula is C20H33P. The molecule has 0 aliphatic heterocycles. The van der Waals surface area contributed by atoms with Gasteiger partial charge in [0.1, 0.15) is 0 Å². The zero-order chi connectivity index (χ0) is 15.3. The SMILES string of the molecule is C=C(C)C(CCCCCCC)CPCCc1ccccc1. The van der Waals surface area contributed by atoms with Crippen molar-refractivity contribution in [2.75, 3.05) is 12.3 Å². The zero-order valence-electron chi connectivity index (χ0n) is 14.0. The fourth-order valence-electron chi connectivity index (χ4n) is 2.67. The van der Waals surface area contributed by atoms with Gasteiger partial charge in [-0.1, -0.05) is 81.5 Å². The topological polar surface area (TPSA) is 0 Å². The minimum absolute atomic E-state index is 0.765. The van der Waals surface area contributed by atoms with Gasteiger partial charge in [-0.15, -0.1) is 8.58 Å². The van der Waals surface area contributed by atoms with E-state index in [-0.39, 0.29) is 0 Å². The van der Waals surface area contributed by atoms with Gasteiger partial charge in [-0.25, -0.2) is 0 Å². The Hall–Kier alpha value is -0.610. The van der Waals surface area contributed by atoms with E-state index in [2.05, 4.69) is 50.8 Å². The summed E-state index contributed by atoms with van der Waals surface area (Å²) in [5.41, 5.74) is 2.88. The molecule has 1 aromatic rings. The van der Waals surface area contributed by atoms with Crippen LogP contribution in [0.3, 0.4) is 0 Å². The summed E-state index contributed by atoms with van der Waals surface area (Å²) in [5, 5.41) is 0. The third-order valence-corrected chi connectivity index (χ3v) is 5.56. The number of hydrogen-bond acceptors (Lipinski definition) is 0. The first-order valence-electron chi connectivity index (χ1n) is 8.64. The lowest BCUT2D eigenvalue weighted by Crippen LogP contribution is -2.05. The van der Waals surface area contributed by atoms with E-state index in [1.165, 1.54) is 68.4 Å². The van der Waals surface area contributed by atoms with E-state index < -0.39 is 0 Å². The Balaban J connectivity index is 2.14. The van der Waals surface area contributed by atoms with Crippen LogP contribution in [0.4, 0.5) is 0 Å². The van der Waals surface area contributed by atoms with Crippen LogP contribution in [0.5, 0.6) is 0 Å². The highest BCUT2D eigenvalue weighted by Crippen LogP contribution is 2.26. The lowest BCUT2D eigenvalue weighted by Gasteiger charge is -2.17. The Morgan fingerprint density at radius 1 is 1.10 bits per heavy atom. The van der Waals surface area contributed by atoms with Crippen molar-refractivity contribution in [3.05, 3.63) is 48.0 Å². The molecule has 0 bridgehead atoms. The van der Waals surface area contributed by atoms with Crippen LogP contribution in [0.15, 0.2) is 42.5 Å². The summed E-state index contributed by atoms with van der Waals surface area (Å²) in [6.45, 7) is 8.71. The Kier molecular flexibility index (Phi) is 10.5. The molecule has 1 aromatic carbocycles. The van der Waals surface area contributed by atoms with Crippen molar-refractivity contribution < 1.29 is 0 Å². The second-order valence-corrected chi connectivity index (χ2v) is 7.59. The maximum Gasteiger partial charge on any atom is -0.0172 e. The van der Waals surface area contributed by atoms with Gasteiger partial charge in [-0.2, -0.15) is 0 Å². The van der Waals surface area contributed by atoms with Crippen LogP contribution >= 0.6 is 8.58 Å². The second kappa shape index (κ2) is 12.0. The fraction of sp³-hybridized carbons (Fsp3) is 0.600. The van der Waals surface area contributed by atoms with Crippen molar-refractivity contribution in [3.8, 4) is 0 Å². The van der Waals surface area contributed by atoms with Gasteiger partial charge in [0, 0.05) is 0 Å². The number of allylic oxidation sites excluding steroid dienone is 1. The Morgan fingerprint density at radius 3 is 2.48 bits per heavy atom. The molecule has 1 heteroatoms. The average molecular weight is 304 g/mol. The predicted molar refractivity (Wildman–Crippen MR) is 99.9 cm³/mol. The van der Waals surface area contributed by atoms with Gasteiger partial charge in [-0.05, 0) is 43.6 Å². The summed E-state index contributed by atoms with van der Waals surface area (Å²) in [5.74, 6) is 0.765. The molecule has 0 aliphatic rings. The van der Waals surface area contributed by atoms with Crippen molar-refractivity contribution in [3.63, 3.8) is 0 Å². The molecule has 0 saturated carbocycles. The van der Waals surface area contributed by atoms with Crippen molar-refractivity contribution in [2.45, 2.75) is 58.8 Å². The van der Waals surface area contributed by atoms with Gasteiger partial charge in [-0.3, -0.25) is 0 Å². The van der Waals surface area contributed by atoms with Crippen LogP contribution in [0.1, 0.15) is 57.9 Å². The van der Waals surface area contributed by atoms with Crippen molar-refractivity contribution >= 4 is 8.58 Å². The van der Waals surface area contributed by atoms with Crippen molar-refractivity contribution in [1.29, 1.82) is 0 Å². The molecule has 118 valence electrons. The second-order valence-electron chi connectivity index (χ2n) is 6.19. The van der Waals surface area contributed by atoms with E-state index in [1.807, 2.05) is 0 Å². The van der Waals surface area contributed by atoms with E-state index in [0.717, 1.165) is 14.5 Å². The third-order valence-electron chi connectivity index (χ3n) is 4.18. The van der Waals surface area contributed by atoms with Gasteiger partial charge in [0.2, 0.25) is 0 Å². The lowest BCUT2D eigenvalue weighted by atomic mass is 9.96. The lowest BCUT2D eigenvalue weighted by molar-refractivity contribution is 0.539. The molecule has 1 rings (SSSR count). The molecule has 0 aromatic heterocycles. The fourth-order valence-corrected chi connectivity index (χ4v) is 4.24. The van der Waals surface area contributed by atoms with Crippen LogP contribution < -0.4 is 0 Å². The molecule has 0 aliphatic carbocycles. The quantitative estimate of drug-likeness (QED) is 0.236. The van der Waals surface area contributed by atoms with Crippen LogP contribution in [0, 0.1) is 5.92 Å². The summed E-state index contributed by atoms with van der Waals surface area (Å²) in [7, 11) is 1.08. The van der Waals surface area contributed by atoms with Gasteiger partial charge >= 0.3 is 0 Å². The van der Waals surface area contributed by atoms with E-state index in [9.17, 15) is 0 Å². The first kappa shape index (κ1) is 18.4. The molecular weight excluding hydrogens is 271 g/mol. The smallest absolute Gasteiger partial charge is 0.0172 e. The molecule has 0 nitrogen and oxygen atoms in total. The normalized spacial score (nSPS) is 12.9. The van der Waals surface area contributed by atoms with E-state index >= 15 is 0 Å². The number of rotatable bonds is 12. The van der Waals surface area contributed by atoms with Crippen LogP contribution in [-0.4, -0.2) is 12.3 Å². The van der Waals surface area contributed by atoms with Crippen LogP contribution in [-0.2, 0) is 6.42 Å². The number of aryl methyl sites for hydroxylation is 1. The molecule has 0 saturated heterocycles. The van der Waals surface area contributed by atoms with Gasteiger partial charge in [0.25, 0.3) is 0 Å². The molecule has 2 unspecified atom stereocenters. The van der Waals surface area contributed by atoms with Gasteiger partial charge < -0.3 is 0 Å². The molecule has 0 heterocycles. The third kappa shape index (κ3) is 9.10. The maximum absolute atomic E-state index is 4.21. The van der Waals surface area contributed by atoms with Gasteiger partial charge in [0.05, 0.1) is 0 Å². The minimum Gasteiger partial charge on any atom is -0.121 e. The van der Waals surface area contributed by atoms with E-state index in [1.54, 1.807) is 0 Å². The summed E-state index contributed by atoms with van der Waals surface area (Å²) in [6, 6.07) is 10.9. The van der Waals surface area contributed by atoms with Crippen molar-refractivity contribution in [1.82, 2.24) is 0 Å². The largest absolute Gasteiger partial charge is 0.121 e. The molecule has 0 N–H and O–H groups in total. The Bertz CT molecular complexity index is 369. The minimum atomic E-state index is 0.765. The molecule has 0 radical (unpaired) electrons. The summed E-state index contributed by atoms with van der Waals surface area (Å²) < 4.78 is 0. The number of unbranched alkanes of at least 4 members (excludes halogenated alkanes) is 4. The first-order chi connectivity index (χ1) is 10.2. The molecule has 2 atom stereocenters. The average Bonchev–Trinajstić information content (AvgIpc) is 2.50. The monoisotopic (exact) mass is 304 g/mol. The van der Waals surface area contributed by atoms with Crippen LogP contribution in [0.2, 0.25) is 0 Å². The predicted octanol–water partition coefficient (Wildman–Crippen LogP) is 6.46. The summed E-state index contributed by atoms with van der Waals surface area (Å²) in [4.78, 5) is 0. The summed E-state index contributed by atoms with van der Waals surface area (Å²) in [6.07, 6.45) is 12.2. The van der Waals surface area contributed by atoms with Crippen molar-refractivity contribution in [2.24, 2.45) is 5.92 Å². The Morgan fingerprint density at radius 2 is 1.81 bits per heavy atom. The van der Waals surface area contributed by atoms with Crippen LogP contribution in [0.25, 0.3) is 0 Å². The van der Waals surface area contributed by atoms with E-state index in [4.69, 9.17) is 0 Å². The van der Waals surface area contributed by atoms with E-state index in [0.29, 0.717) is 0 Å². The molecule has 0 fully saturated rings. The maximum atomic E-state index is 4.21. The highest BCUT2D eigenvalue weighted by molar-refractivity contribution is 7.38.